The molecule has 2 amide bonds. The normalized spacial score (nSPS) is 26.9. The molecule has 1 aliphatic carbocycles. The molecule has 1 aliphatic heterocycles. The molecular weight excluding hydrogens is 240 g/mol. The molecule has 0 bridgehead atoms. The van der Waals surface area contributed by atoms with E-state index >= 15 is 0 Å². The highest BCUT2D eigenvalue weighted by atomic mass is 16.2. The fourth-order valence-corrected chi connectivity index (χ4v) is 3.07. The molecule has 2 aliphatic rings. The molecule has 2 unspecified atom stereocenters. The molecule has 2 rings (SSSR count). The predicted octanol–water partition coefficient (Wildman–Crippen LogP) is 1.94. The van der Waals surface area contributed by atoms with Crippen LogP contribution in [0.5, 0.6) is 0 Å². The van der Waals surface area contributed by atoms with Crippen LogP contribution < -0.4 is 5.32 Å². The van der Waals surface area contributed by atoms with Gasteiger partial charge in [0.25, 0.3) is 0 Å². The molecule has 1 saturated heterocycles. The van der Waals surface area contributed by atoms with E-state index in [9.17, 15) is 9.59 Å². The SMILES string of the molecule is CC(C)CC1NC(=O)CCN(C(C)C2CCC2)C1=O. The lowest BCUT2D eigenvalue weighted by Crippen LogP contribution is -2.51. The van der Waals surface area contributed by atoms with Crippen LogP contribution >= 0.6 is 0 Å². The standard InChI is InChI=1S/C15H26N2O2/c1-10(2)9-13-15(19)17(8-7-14(18)16-13)11(3)12-5-4-6-12/h10-13H,4-9H2,1-3H3,(H,16,18). The Morgan fingerprint density at radius 3 is 2.47 bits per heavy atom. The Labute approximate surface area is 115 Å². The Morgan fingerprint density at radius 1 is 1.26 bits per heavy atom. The topological polar surface area (TPSA) is 49.4 Å². The van der Waals surface area contributed by atoms with E-state index in [1.807, 2.05) is 4.90 Å². The molecule has 0 spiro atoms. The Hall–Kier alpha value is -1.06. The average molecular weight is 266 g/mol. The third-order valence-electron chi connectivity index (χ3n) is 4.53. The van der Waals surface area contributed by atoms with Gasteiger partial charge >= 0.3 is 0 Å². The van der Waals surface area contributed by atoms with Crippen molar-refractivity contribution in [3.8, 4) is 0 Å². The van der Waals surface area contributed by atoms with E-state index in [1.165, 1.54) is 19.3 Å². The second-order valence-electron chi connectivity index (χ2n) is 6.46. The lowest BCUT2D eigenvalue weighted by molar-refractivity contribution is -0.137. The van der Waals surface area contributed by atoms with Crippen LogP contribution in [0.3, 0.4) is 0 Å². The summed E-state index contributed by atoms with van der Waals surface area (Å²) in [5.74, 6) is 1.19. The average Bonchev–Trinajstić information content (AvgIpc) is 2.36. The summed E-state index contributed by atoms with van der Waals surface area (Å²) in [6.07, 6.45) is 4.90. The number of hydrogen-bond donors (Lipinski definition) is 1. The van der Waals surface area contributed by atoms with Crippen molar-refractivity contribution in [3.05, 3.63) is 0 Å². The Kier molecular flexibility index (Phi) is 4.48. The summed E-state index contributed by atoms with van der Waals surface area (Å²) >= 11 is 0. The van der Waals surface area contributed by atoms with Crippen LogP contribution in [-0.4, -0.2) is 35.3 Å². The highest BCUT2D eigenvalue weighted by Crippen LogP contribution is 2.32. The molecule has 0 aromatic carbocycles. The summed E-state index contributed by atoms with van der Waals surface area (Å²) in [5, 5.41) is 2.89. The Morgan fingerprint density at radius 2 is 1.95 bits per heavy atom. The van der Waals surface area contributed by atoms with Crippen molar-refractivity contribution in [2.75, 3.05) is 6.54 Å². The fourth-order valence-electron chi connectivity index (χ4n) is 3.07. The highest BCUT2D eigenvalue weighted by Gasteiger charge is 2.36. The molecule has 1 saturated carbocycles. The molecular formula is C15H26N2O2. The van der Waals surface area contributed by atoms with Gasteiger partial charge in [0.1, 0.15) is 6.04 Å². The van der Waals surface area contributed by atoms with Crippen LogP contribution in [0.2, 0.25) is 0 Å². The van der Waals surface area contributed by atoms with Crippen LogP contribution in [0.4, 0.5) is 0 Å². The third-order valence-corrected chi connectivity index (χ3v) is 4.53. The van der Waals surface area contributed by atoms with E-state index in [-0.39, 0.29) is 23.9 Å². The van der Waals surface area contributed by atoms with E-state index in [2.05, 4.69) is 26.1 Å². The maximum Gasteiger partial charge on any atom is 0.245 e. The fraction of sp³-hybridized carbons (Fsp3) is 0.867. The monoisotopic (exact) mass is 266 g/mol. The molecule has 4 nitrogen and oxygen atoms in total. The number of carbonyl (C=O) groups excluding carboxylic acids is 2. The first-order valence-electron chi connectivity index (χ1n) is 7.59. The van der Waals surface area contributed by atoms with Gasteiger partial charge in [-0.2, -0.15) is 0 Å². The van der Waals surface area contributed by atoms with Crippen molar-refractivity contribution < 1.29 is 9.59 Å². The first kappa shape index (κ1) is 14.4. The van der Waals surface area contributed by atoms with E-state index in [0.29, 0.717) is 24.8 Å². The molecule has 2 fully saturated rings. The summed E-state index contributed by atoms with van der Waals surface area (Å²) < 4.78 is 0. The van der Waals surface area contributed by atoms with Gasteiger partial charge in [-0.05, 0) is 38.0 Å². The minimum atomic E-state index is -0.322. The first-order chi connectivity index (χ1) is 8.99. The summed E-state index contributed by atoms with van der Waals surface area (Å²) in [4.78, 5) is 26.3. The second-order valence-corrected chi connectivity index (χ2v) is 6.46. The molecule has 108 valence electrons. The van der Waals surface area contributed by atoms with Crippen LogP contribution in [0.1, 0.15) is 52.9 Å². The highest BCUT2D eigenvalue weighted by molar-refractivity contribution is 5.90. The van der Waals surface area contributed by atoms with Crippen LogP contribution in [0.25, 0.3) is 0 Å². The Balaban J connectivity index is 2.08. The van der Waals surface area contributed by atoms with Crippen LogP contribution in [0.15, 0.2) is 0 Å². The van der Waals surface area contributed by atoms with Crippen LogP contribution in [0, 0.1) is 11.8 Å². The molecule has 0 aromatic heterocycles. The molecule has 0 aromatic rings. The van der Waals surface area contributed by atoms with Crippen molar-refractivity contribution in [3.63, 3.8) is 0 Å². The Bertz CT molecular complexity index is 350. The summed E-state index contributed by atoms with van der Waals surface area (Å²) in [6, 6.07) is -0.0406. The van der Waals surface area contributed by atoms with Crippen molar-refractivity contribution in [1.29, 1.82) is 0 Å². The number of amides is 2. The molecule has 1 N–H and O–H groups in total. The van der Waals surface area contributed by atoms with E-state index in [0.717, 1.165) is 6.42 Å². The van der Waals surface area contributed by atoms with Gasteiger partial charge in [0.15, 0.2) is 0 Å². The zero-order chi connectivity index (χ0) is 14.0. The lowest BCUT2D eigenvalue weighted by atomic mass is 9.79. The maximum absolute atomic E-state index is 12.6. The van der Waals surface area contributed by atoms with Crippen molar-refractivity contribution in [2.24, 2.45) is 11.8 Å². The van der Waals surface area contributed by atoms with Crippen LogP contribution in [-0.2, 0) is 9.59 Å². The van der Waals surface area contributed by atoms with Crippen molar-refractivity contribution >= 4 is 11.8 Å². The molecule has 19 heavy (non-hydrogen) atoms. The molecule has 4 heteroatoms. The minimum Gasteiger partial charge on any atom is -0.344 e. The smallest absolute Gasteiger partial charge is 0.245 e. The second kappa shape index (κ2) is 5.93. The zero-order valence-corrected chi connectivity index (χ0v) is 12.3. The maximum atomic E-state index is 12.6. The van der Waals surface area contributed by atoms with Gasteiger partial charge in [0.05, 0.1) is 0 Å². The number of nitrogens with one attached hydrogen (secondary N) is 1. The number of nitrogens with zero attached hydrogens (tertiary/aromatic N) is 1. The van der Waals surface area contributed by atoms with Gasteiger partial charge in [-0.25, -0.2) is 0 Å². The summed E-state index contributed by atoms with van der Waals surface area (Å²) in [7, 11) is 0. The van der Waals surface area contributed by atoms with Gasteiger partial charge in [-0.3, -0.25) is 9.59 Å². The third kappa shape index (κ3) is 3.28. The van der Waals surface area contributed by atoms with E-state index in [4.69, 9.17) is 0 Å². The van der Waals surface area contributed by atoms with Gasteiger partial charge in [-0.1, -0.05) is 20.3 Å². The predicted molar refractivity (Wildman–Crippen MR) is 74.5 cm³/mol. The molecule has 0 radical (unpaired) electrons. The minimum absolute atomic E-state index is 0.0160. The van der Waals surface area contributed by atoms with E-state index in [1.54, 1.807) is 0 Å². The number of hydrogen-bond acceptors (Lipinski definition) is 2. The summed E-state index contributed by atoms with van der Waals surface area (Å²) in [5.41, 5.74) is 0. The number of carbonyl (C=O) groups is 2. The van der Waals surface area contributed by atoms with Crippen molar-refractivity contribution in [1.82, 2.24) is 10.2 Å². The van der Waals surface area contributed by atoms with Crippen molar-refractivity contribution in [2.45, 2.75) is 65.0 Å². The summed E-state index contributed by atoms with van der Waals surface area (Å²) in [6.45, 7) is 6.90. The number of rotatable bonds is 4. The van der Waals surface area contributed by atoms with Gasteiger partial charge in [-0.15, -0.1) is 0 Å². The lowest BCUT2D eigenvalue weighted by Gasteiger charge is -2.39. The van der Waals surface area contributed by atoms with Gasteiger partial charge < -0.3 is 10.2 Å². The first-order valence-corrected chi connectivity index (χ1v) is 7.59. The van der Waals surface area contributed by atoms with Gasteiger partial charge in [0, 0.05) is 19.0 Å². The molecule has 1 heterocycles. The zero-order valence-electron chi connectivity index (χ0n) is 12.3. The largest absolute Gasteiger partial charge is 0.344 e. The molecule has 2 atom stereocenters. The van der Waals surface area contributed by atoms with Gasteiger partial charge in [0.2, 0.25) is 11.8 Å². The quantitative estimate of drug-likeness (QED) is 0.845. The van der Waals surface area contributed by atoms with E-state index < -0.39 is 0 Å².